The van der Waals surface area contributed by atoms with Crippen molar-refractivity contribution >= 4 is 31.4 Å². The summed E-state index contributed by atoms with van der Waals surface area (Å²) < 4.78 is 59.6. The van der Waals surface area contributed by atoms with Crippen molar-refractivity contribution in [1.82, 2.24) is 4.31 Å². The Morgan fingerprint density at radius 1 is 1.29 bits per heavy atom. The van der Waals surface area contributed by atoms with Crippen molar-refractivity contribution in [2.24, 2.45) is 5.14 Å². The minimum Gasteiger partial charge on any atom is -0.378 e. The molecule has 1 atom stereocenters. The van der Waals surface area contributed by atoms with E-state index in [1.807, 2.05) is 0 Å². The van der Waals surface area contributed by atoms with Gasteiger partial charge >= 0.3 is 0 Å². The fraction of sp³-hybridized carbons (Fsp3) is 0.571. The van der Waals surface area contributed by atoms with Crippen molar-refractivity contribution in [3.63, 3.8) is 0 Å². The van der Waals surface area contributed by atoms with Crippen molar-refractivity contribution in [1.29, 1.82) is 0 Å². The van der Waals surface area contributed by atoms with Gasteiger partial charge in [0.1, 0.15) is 10.9 Å². The molecule has 14 heteroatoms. The Kier molecular flexibility index (Phi) is 5.88. The average molecular weight is 436 g/mol. The van der Waals surface area contributed by atoms with Gasteiger partial charge in [-0.25, -0.2) is 22.0 Å². The van der Waals surface area contributed by atoms with Crippen molar-refractivity contribution in [3.8, 4) is 0 Å². The lowest BCUT2D eigenvalue weighted by atomic mass is 10.2. The van der Waals surface area contributed by atoms with Gasteiger partial charge in [0.05, 0.1) is 35.7 Å². The van der Waals surface area contributed by atoms with Crippen LogP contribution in [-0.2, 0) is 29.5 Å². The number of nitrogens with one attached hydrogen (secondary N) is 1. The standard InChI is InChI=1S/C14H20N4O8S2/c15-27(21,22)11-1-2-13(14(5-11)18(19)20)16-6-10-7-17(3-4-26-10)28(23,24)12-8-25-9-12/h1-2,5,10,12,16H,3-4,6-9H2,(H2,15,21,22). The van der Waals surface area contributed by atoms with Gasteiger partial charge in [-0.3, -0.25) is 10.1 Å². The summed E-state index contributed by atoms with van der Waals surface area (Å²) in [4.78, 5) is 10.1. The van der Waals surface area contributed by atoms with Crippen LogP contribution in [0.15, 0.2) is 23.1 Å². The number of nitrogens with two attached hydrogens (primary N) is 1. The summed E-state index contributed by atoms with van der Waals surface area (Å²) in [6, 6.07) is 3.26. The number of hydrogen-bond acceptors (Lipinski definition) is 9. The van der Waals surface area contributed by atoms with E-state index in [1.54, 1.807) is 0 Å². The van der Waals surface area contributed by atoms with E-state index in [2.05, 4.69) is 5.32 Å². The number of rotatable bonds is 7. The predicted octanol–water partition coefficient (Wildman–Crippen LogP) is -0.916. The van der Waals surface area contributed by atoms with Crippen LogP contribution in [-0.4, -0.2) is 76.9 Å². The molecule has 2 aliphatic rings. The number of sulfonamides is 2. The Morgan fingerprint density at radius 2 is 2.00 bits per heavy atom. The molecule has 28 heavy (non-hydrogen) atoms. The van der Waals surface area contributed by atoms with Gasteiger partial charge in [-0.1, -0.05) is 0 Å². The molecule has 2 fully saturated rings. The van der Waals surface area contributed by atoms with Crippen LogP contribution in [0, 0.1) is 10.1 Å². The van der Waals surface area contributed by atoms with Gasteiger partial charge in [-0.15, -0.1) is 0 Å². The molecule has 3 rings (SSSR count). The third-order valence-electron chi connectivity index (χ3n) is 4.50. The number of primary sulfonamides is 1. The van der Waals surface area contributed by atoms with E-state index < -0.39 is 42.0 Å². The molecular weight excluding hydrogens is 416 g/mol. The van der Waals surface area contributed by atoms with Gasteiger partial charge in [0.25, 0.3) is 5.69 Å². The van der Waals surface area contributed by atoms with Crippen LogP contribution in [0.4, 0.5) is 11.4 Å². The predicted molar refractivity (Wildman–Crippen MR) is 97.8 cm³/mol. The minimum atomic E-state index is -4.08. The van der Waals surface area contributed by atoms with Crippen molar-refractivity contribution < 1.29 is 31.2 Å². The van der Waals surface area contributed by atoms with Crippen molar-refractivity contribution in [2.45, 2.75) is 16.2 Å². The van der Waals surface area contributed by atoms with Crippen LogP contribution in [0.1, 0.15) is 0 Å². The third-order valence-corrected chi connectivity index (χ3v) is 7.58. The third kappa shape index (κ3) is 4.42. The summed E-state index contributed by atoms with van der Waals surface area (Å²) in [6.07, 6.45) is -0.526. The summed E-state index contributed by atoms with van der Waals surface area (Å²) in [5, 5.41) is 18.5. The number of nitro benzene ring substituents is 1. The maximum Gasteiger partial charge on any atom is 0.293 e. The summed E-state index contributed by atoms with van der Waals surface area (Å²) in [5.74, 6) is 0. The zero-order chi connectivity index (χ0) is 20.5. The Morgan fingerprint density at radius 3 is 2.57 bits per heavy atom. The van der Waals surface area contributed by atoms with Gasteiger partial charge in [-0.05, 0) is 12.1 Å². The summed E-state index contributed by atoms with van der Waals surface area (Å²) in [7, 11) is -7.55. The molecule has 3 N–H and O–H groups in total. The lowest BCUT2D eigenvalue weighted by Crippen LogP contribution is -2.54. The van der Waals surface area contributed by atoms with Gasteiger partial charge in [0.2, 0.25) is 20.0 Å². The monoisotopic (exact) mass is 436 g/mol. The van der Waals surface area contributed by atoms with Crippen LogP contribution < -0.4 is 10.5 Å². The second-order valence-electron chi connectivity index (χ2n) is 6.42. The van der Waals surface area contributed by atoms with Gasteiger partial charge in [-0.2, -0.15) is 4.31 Å². The highest BCUT2D eigenvalue weighted by molar-refractivity contribution is 7.89. The summed E-state index contributed by atoms with van der Waals surface area (Å²) in [6.45, 7) is 0.984. The molecule has 2 saturated heterocycles. The molecule has 0 radical (unpaired) electrons. The number of hydrogen-bond donors (Lipinski definition) is 2. The number of nitrogens with zero attached hydrogens (tertiary/aromatic N) is 2. The summed E-state index contributed by atoms with van der Waals surface area (Å²) in [5.41, 5.74) is -0.383. The van der Waals surface area contributed by atoms with Gasteiger partial charge < -0.3 is 14.8 Å². The van der Waals surface area contributed by atoms with Gasteiger partial charge in [0, 0.05) is 25.7 Å². The Labute approximate surface area is 161 Å². The van der Waals surface area contributed by atoms with Crippen LogP contribution in [0.25, 0.3) is 0 Å². The highest BCUT2D eigenvalue weighted by Gasteiger charge is 2.39. The van der Waals surface area contributed by atoms with E-state index in [4.69, 9.17) is 14.6 Å². The maximum absolute atomic E-state index is 12.5. The number of anilines is 1. The van der Waals surface area contributed by atoms with Crippen LogP contribution in [0.2, 0.25) is 0 Å². The van der Waals surface area contributed by atoms with E-state index >= 15 is 0 Å². The molecular formula is C14H20N4O8S2. The van der Waals surface area contributed by atoms with E-state index in [9.17, 15) is 26.9 Å². The first-order chi connectivity index (χ1) is 13.1. The van der Waals surface area contributed by atoms with Gasteiger partial charge in [0.15, 0.2) is 0 Å². The molecule has 1 aromatic carbocycles. The average Bonchev–Trinajstić information content (AvgIpc) is 2.57. The molecule has 0 spiro atoms. The SMILES string of the molecule is NS(=O)(=O)c1ccc(NCC2CN(S(=O)(=O)C3COC3)CCO2)c([N+](=O)[O-])c1. The highest BCUT2D eigenvalue weighted by Crippen LogP contribution is 2.27. The zero-order valence-electron chi connectivity index (χ0n) is 14.7. The van der Waals surface area contributed by atoms with E-state index in [1.165, 1.54) is 10.4 Å². The fourth-order valence-corrected chi connectivity index (χ4v) is 5.05. The largest absolute Gasteiger partial charge is 0.378 e. The molecule has 0 aliphatic carbocycles. The lowest BCUT2D eigenvalue weighted by Gasteiger charge is -2.36. The first-order valence-corrected chi connectivity index (χ1v) is 11.4. The van der Waals surface area contributed by atoms with Crippen LogP contribution >= 0.6 is 0 Å². The molecule has 156 valence electrons. The normalized spacial score (nSPS) is 21.8. The second-order valence-corrected chi connectivity index (χ2v) is 10.2. The second kappa shape index (κ2) is 7.88. The van der Waals surface area contributed by atoms with E-state index in [0.717, 1.165) is 12.1 Å². The number of nitro groups is 1. The van der Waals surface area contributed by atoms with Crippen LogP contribution in [0.3, 0.4) is 0 Å². The lowest BCUT2D eigenvalue weighted by molar-refractivity contribution is -0.384. The Bertz CT molecular complexity index is 962. The number of benzene rings is 1. The highest BCUT2D eigenvalue weighted by atomic mass is 32.2. The fourth-order valence-electron chi connectivity index (χ4n) is 2.86. The van der Waals surface area contributed by atoms with E-state index in [0.29, 0.717) is 0 Å². The summed E-state index contributed by atoms with van der Waals surface area (Å²) >= 11 is 0. The van der Waals surface area contributed by atoms with Crippen LogP contribution in [0.5, 0.6) is 0 Å². The molecule has 2 heterocycles. The Hall–Kier alpha value is -1.84. The molecule has 0 amide bonds. The first kappa shape index (κ1) is 20.9. The molecule has 0 saturated carbocycles. The molecule has 2 aliphatic heterocycles. The number of morpholine rings is 1. The van der Waals surface area contributed by atoms with E-state index in [-0.39, 0.29) is 50.0 Å². The molecule has 0 bridgehead atoms. The smallest absolute Gasteiger partial charge is 0.293 e. The Balaban J connectivity index is 1.69. The molecule has 1 unspecified atom stereocenters. The molecule has 0 aromatic heterocycles. The van der Waals surface area contributed by atoms with Crippen molar-refractivity contribution in [3.05, 3.63) is 28.3 Å². The topological polar surface area (TPSA) is 171 Å². The first-order valence-electron chi connectivity index (χ1n) is 8.32. The number of ether oxygens (including phenoxy) is 2. The quantitative estimate of drug-likeness (QED) is 0.405. The molecule has 12 nitrogen and oxygen atoms in total. The minimum absolute atomic E-state index is 0.0772. The maximum atomic E-state index is 12.5. The molecule has 1 aromatic rings. The van der Waals surface area contributed by atoms with Crippen molar-refractivity contribution in [2.75, 3.05) is 44.8 Å². The zero-order valence-corrected chi connectivity index (χ0v) is 16.3.